The van der Waals surface area contributed by atoms with Crippen molar-refractivity contribution in [2.75, 3.05) is 5.32 Å². The molecule has 0 radical (unpaired) electrons. The maximum atomic E-state index is 13.8. The number of hydrogen-bond acceptors (Lipinski definition) is 3. The van der Waals surface area contributed by atoms with Crippen LogP contribution in [0, 0.1) is 29.1 Å². The normalized spacial score (nSPS) is 11.1. The van der Waals surface area contributed by atoms with Gasteiger partial charge in [0.05, 0.1) is 5.69 Å². The molecule has 3 aromatic carbocycles. The van der Waals surface area contributed by atoms with Crippen LogP contribution in [0.15, 0.2) is 47.8 Å². The average Bonchev–Trinajstić information content (AvgIpc) is 3.19. The molecule has 0 unspecified atom stereocenters. The van der Waals surface area contributed by atoms with Gasteiger partial charge in [0, 0.05) is 10.9 Å². The van der Waals surface area contributed by atoms with Gasteiger partial charge in [0.15, 0.2) is 28.4 Å². The number of halogens is 5. The van der Waals surface area contributed by atoms with Gasteiger partial charge in [0.2, 0.25) is 5.82 Å². The maximum Gasteiger partial charge on any atom is 0.263 e. The average molecular weight is 420 g/mol. The number of benzene rings is 3. The van der Waals surface area contributed by atoms with Crippen molar-refractivity contribution in [1.29, 1.82) is 0 Å². The van der Waals surface area contributed by atoms with Crippen LogP contribution in [0.4, 0.5) is 27.1 Å². The fourth-order valence-electron chi connectivity index (χ4n) is 2.78. The third kappa shape index (κ3) is 3.33. The molecular formula is C20H9F5N2OS. The van der Waals surface area contributed by atoms with E-state index in [2.05, 4.69) is 10.3 Å². The van der Waals surface area contributed by atoms with Gasteiger partial charge in [-0.2, -0.15) is 0 Å². The van der Waals surface area contributed by atoms with Crippen LogP contribution in [0.2, 0.25) is 0 Å². The van der Waals surface area contributed by atoms with E-state index in [4.69, 9.17) is 0 Å². The molecule has 4 aromatic rings. The highest BCUT2D eigenvalue weighted by atomic mass is 32.1. The fourth-order valence-corrected chi connectivity index (χ4v) is 3.49. The lowest BCUT2D eigenvalue weighted by atomic mass is 10.1. The van der Waals surface area contributed by atoms with Crippen molar-refractivity contribution in [2.24, 2.45) is 0 Å². The van der Waals surface area contributed by atoms with E-state index in [1.54, 1.807) is 5.38 Å². The van der Waals surface area contributed by atoms with Crippen LogP contribution in [-0.4, -0.2) is 10.9 Å². The van der Waals surface area contributed by atoms with Crippen molar-refractivity contribution in [2.45, 2.75) is 0 Å². The monoisotopic (exact) mass is 420 g/mol. The van der Waals surface area contributed by atoms with Crippen LogP contribution in [-0.2, 0) is 0 Å². The fraction of sp³-hybridized carbons (Fsp3) is 0. The van der Waals surface area contributed by atoms with Crippen LogP contribution in [0.1, 0.15) is 10.4 Å². The lowest BCUT2D eigenvalue weighted by molar-refractivity contribution is 0.101. The predicted molar refractivity (Wildman–Crippen MR) is 99.2 cm³/mol. The summed E-state index contributed by atoms with van der Waals surface area (Å²) >= 11 is 0.947. The second-order valence-electron chi connectivity index (χ2n) is 6.00. The van der Waals surface area contributed by atoms with Gasteiger partial charge in [-0.15, -0.1) is 11.3 Å². The summed E-state index contributed by atoms with van der Waals surface area (Å²) in [5, 5.41) is 5.60. The Bertz CT molecular complexity index is 1240. The number of rotatable bonds is 3. The first kappa shape index (κ1) is 19.0. The molecule has 1 heterocycles. The summed E-state index contributed by atoms with van der Waals surface area (Å²) in [7, 11) is 0. The number of amides is 1. The Labute approximate surface area is 164 Å². The molecule has 0 aliphatic rings. The highest BCUT2D eigenvalue weighted by molar-refractivity contribution is 7.14. The molecule has 0 spiro atoms. The van der Waals surface area contributed by atoms with Crippen molar-refractivity contribution in [3.8, 4) is 11.3 Å². The quantitative estimate of drug-likeness (QED) is 0.254. The van der Waals surface area contributed by atoms with Gasteiger partial charge in [-0.25, -0.2) is 26.9 Å². The first-order chi connectivity index (χ1) is 13.9. The number of aromatic nitrogens is 1. The van der Waals surface area contributed by atoms with Crippen LogP contribution in [0.25, 0.3) is 22.0 Å². The minimum absolute atomic E-state index is 0.0536. The Hall–Kier alpha value is -3.33. The molecule has 0 fully saturated rings. The van der Waals surface area contributed by atoms with Crippen molar-refractivity contribution in [1.82, 2.24) is 4.98 Å². The highest BCUT2D eigenvalue weighted by Crippen LogP contribution is 2.29. The van der Waals surface area contributed by atoms with Gasteiger partial charge >= 0.3 is 0 Å². The van der Waals surface area contributed by atoms with Crippen LogP contribution in [0.5, 0.6) is 0 Å². The summed E-state index contributed by atoms with van der Waals surface area (Å²) < 4.78 is 67.3. The standard InChI is InChI=1S/C20H9F5N2OS/c21-14-13(15(22)17(24)18(25)16(14)23)19(28)27-20-26-12(8-29-20)11-6-5-9-3-1-2-4-10(9)7-11/h1-8H,(H,26,27,28). The number of hydrogen-bond donors (Lipinski definition) is 1. The van der Waals surface area contributed by atoms with Crippen molar-refractivity contribution in [3.05, 3.63) is 82.5 Å². The molecular weight excluding hydrogens is 411 g/mol. The molecule has 4 rings (SSSR count). The highest BCUT2D eigenvalue weighted by Gasteiger charge is 2.30. The van der Waals surface area contributed by atoms with E-state index in [9.17, 15) is 26.7 Å². The first-order valence-electron chi connectivity index (χ1n) is 8.14. The second kappa shape index (κ2) is 7.25. The van der Waals surface area contributed by atoms with Gasteiger partial charge in [-0.3, -0.25) is 10.1 Å². The second-order valence-corrected chi connectivity index (χ2v) is 6.86. The largest absolute Gasteiger partial charge is 0.298 e. The minimum atomic E-state index is -2.33. The number of carbonyl (C=O) groups is 1. The van der Waals surface area contributed by atoms with Crippen molar-refractivity contribution < 1.29 is 26.7 Å². The molecule has 0 saturated carbocycles. The van der Waals surface area contributed by atoms with Gasteiger partial charge in [0.25, 0.3) is 5.91 Å². The van der Waals surface area contributed by atoms with Gasteiger partial charge in [-0.05, 0) is 16.8 Å². The Morgan fingerprint density at radius 3 is 2.14 bits per heavy atom. The molecule has 1 aromatic heterocycles. The van der Waals surface area contributed by atoms with E-state index in [0.29, 0.717) is 5.69 Å². The molecule has 0 atom stereocenters. The molecule has 0 aliphatic heterocycles. The third-order valence-corrected chi connectivity index (χ3v) is 4.96. The maximum absolute atomic E-state index is 13.8. The Morgan fingerprint density at radius 2 is 1.45 bits per heavy atom. The molecule has 9 heteroatoms. The molecule has 29 heavy (non-hydrogen) atoms. The van der Waals surface area contributed by atoms with Gasteiger partial charge < -0.3 is 0 Å². The summed E-state index contributed by atoms with van der Waals surface area (Å²) in [6.07, 6.45) is 0. The summed E-state index contributed by atoms with van der Waals surface area (Å²) in [5.41, 5.74) is -0.353. The van der Waals surface area contributed by atoms with Crippen LogP contribution in [0.3, 0.4) is 0 Å². The van der Waals surface area contributed by atoms with E-state index in [0.717, 1.165) is 27.7 Å². The van der Waals surface area contributed by atoms with Gasteiger partial charge in [-0.1, -0.05) is 36.4 Å². The van der Waals surface area contributed by atoms with E-state index in [-0.39, 0.29) is 5.13 Å². The number of thiazole rings is 1. The summed E-state index contributed by atoms with van der Waals surface area (Å²) in [6.45, 7) is 0. The summed E-state index contributed by atoms with van der Waals surface area (Å²) in [5.74, 6) is -12.6. The van der Waals surface area contributed by atoms with E-state index < -0.39 is 40.6 Å². The van der Waals surface area contributed by atoms with E-state index in [1.807, 2.05) is 42.5 Å². The summed E-state index contributed by atoms with van der Waals surface area (Å²) in [6, 6.07) is 13.2. The van der Waals surface area contributed by atoms with Crippen molar-refractivity contribution >= 4 is 33.1 Å². The van der Waals surface area contributed by atoms with Crippen LogP contribution < -0.4 is 5.32 Å². The Morgan fingerprint density at radius 1 is 0.828 bits per heavy atom. The summed E-state index contributed by atoms with van der Waals surface area (Å²) in [4.78, 5) is 16.3. The SMILES string of the molecule is O=C(Nc1nc(-c2ccc3ccccc3c2)cs1)c1c(F)c(F)c(F)c(F)c1F. The number of carbonyl (C=O) groups excluding carboxylic acids is 1. The topological polar surface area (TPSA) is 42.0 Å². The van der Waals surface area contributed by atoms with E-state index >= 15 is 0 Å². The third-order valence-electron chi connectivity index (χ3n) is 4.21. The van der Waals surface area contributed by atoms with E-state index in [1.165, 1.54) is 0 Å². The Kier molecular flexibility index (Phi) is 4.75. The zero-order chi connectivity index (χ0) is 20.7. The molecule has 146 valence electrons. The zero-order valence-corrected chi connectivity index (χ0v) is 15.1. The predicted octanol–water partition coefficient (Wildman–Crippen LogP) is 5.91. The Balaban J connectivity index is 1.63. The molecule has 0 aliphatic carbocycles. The number of nitrogens with one attached hydrogen (secondary N) is 1. The molecule has 1 N–H and O–H groups in total. The van der Waals surface area contributed by atoms with Crippen molar-refractivity contribution in [3.63, 3.8) is 0 Å². The molecule has 1 amide bonds. The lowest BCUT2D eigenvalue weighted by Gasteiger charge is -2.07. The number of nitrogens with zero attached hydrogens (tertiary/aromatic N) is 1. The molecule has 3 nitrogen and oxygen atoms in total. The smallest absolute Gasteiger partial charge is 0.263 e. The number of anilines is 1. The zero-order valence-electron chi connectivity index (χ0n) is 14.3. The molecule has 0 saturated heterocycles. The molecule has 0 bridgehead atoms. The van der Waals surface area contributed by atoms with Gasteiger partial charge in [0.1, 0.15) is 5.56 Å². The lowest BCUT2D eigenvalue weighted by Crippen LogP contribution is -2.19. The van der Waals surface area contributed by atoms with Crippen LogP contribution >= 0.6 is 11.3 Å². The minimum Gasteiger partial charge on any atom is -0.298 e. The number of fused-ring (bicyclic) bond motifs is 1. The first-order valence-corrected chi connectivity index (χ1v) is 9.02.